The quantitative estimate of drug-likeness (QED) is 0.392. The van der Waals surface area contributed by atoms with E-state index in [-0.39, 0.29) is 0 Å². The molecule has 1 aliphatic carbocycles. The summed E-state index contributed by atoms with van der Waals surface area (Å²) in [6.45, 7) is 0.682. The fourth-order valence-corrected chi connectivity index (χ4v) is 4.33. The van der Waals surface area contributed by atoms with Gasteiger partial charge in [0.05, 0.1) is 18.1 Å². The molecule has 1 aromatic carbocycles. The number of imidazole rings is 1. The summed E-state index contributed by atoms with van der Waals surface area (Å²) in [6, 6.07) is 12.7. The zero-order valence-electron chi connectivity index (χ0n) is 17.7. The molecule has 9 heteroatoms. The Labute approximate surface area is 194 Å². The maximum atomic E-state index is 5.28. The fraction of sp³-hybridized carbons (Fsp3) is 0.304. The van der Waals surface area contributed by atoms with Crippen LogP contribution in [-0.4, -0.2) is 43.7 Å². The molecule has 2 unspecified atom stereocenters. The molecule has 0 saturated heterocycles. The highest BCUT2D eigenvalue weighted by atomic mass is 79.9. The first-order valence-corrected chi connectivity index (χ1v) is 11.4. The van der Waals surface area contributed by atoms with E-state index in [0.29, 0.717) is 24.6 Å². The Hall–Kier alpha value is -3.20. The number of hydrogen-bond acceptors (Lipinski definition) is 7. The van der Waals surface area contributed by atoms with Gasteiger partial charge in [0.1, 0.15) is 11.3 Å². The minimum Gasteiger partial charge on any atom is -0.497 e. The van der Waals surface area contributed by atoms with Gasteiger partial charge in [-0.3, -0.25) is 4.57 Å². The lowest BCUT2D eigenvalue weighted by Crippen LogP contribution is -2.23. The highest BCUT2D eigenvalue weighted by molar-refractivity contribution is 9.10. The van der Waals surface area contributed by atoms with E-state index in [0.717, 1.165) is 52.2 Å². The molecule has 2 atom stereocenters. The molecule has 0 amide bonds. The van der Waals surface area contributed by atoms with Crippen LogP contribution in [0.1, 0.15) is 24.8 Å². The molecule has 1 fully saturated rings. The van der Waals surface area contributed by atoms with Crippen molar-refractivity contribution in [1.29, 1.82) is 0 Å². The molecule has 1 saturated carbocycles. The lowest BCUT2D eigenvalue weighted by Gasteiger charge is -2.16. The molecule has 1 aliphatic rings. The predicted octanol–water partition coefficient (Wildman–Crippen LogP) is 4.49. The largest absolute Gasteiger partial charge is 0.497 e. The second-order valence-electron chi connectivity index (χ2n) is 7.94. The van der Waals surface area contributed by atoms with Gasteiger partial charge in [-0.1, -0.05) is 12.1 Å². The van der Waals surface area contributed by atoms with Crippen LogP contribution in [0.25, 0.3) is 11.2 Å². The molecule has 8 nitrogen and oxygen atoms in total. The number of benzene rings is 1. The number of halogens is 1. The Kier molecular flexibility index (Phi) is 5.89. The number of nitrogens with one attached hydrogen (secondary N) is 2. The van der Waals surface area contributed by atoms with Gasteiger partial charge in [0.15, 0.2) is 5.65 Å². The SMILES string of the molecule is COc1ccc(Cn2c(NC3CCC(Nc4ncc(Br)cn4)C3)nc3cccnc32)cc1. The van der Waals surface area contributed by atoms with E-state index >= 15 is 0 Å². The summed E-state index contributed by atoms with van der Waals surface area (Å²) in [6.07, 6.45) is 8.40. The van der Waals surface area contributed by atoms with Gasteiger partial charge in [0, 0.05) is 30.7 Å². The Balaban J connectivity index is 1.32. The number of methoxy groups -OCH3 is 1. The first-order valence-electron chi connectivity index (χ1n) is 10.6. The van der Waals surface area contributed by atoms with Crippen LogP contribution in [0, 0.1) is 0 Å². The summed E-state index contributed by atoms with van der Waals surface area (Å²) in [5, 5.41) is 7.11. The Morgan fingerprint density at radius 3 is 2.53 bits per heavy atom. The summed E-state index contributed by atoms with van der Waals surface area (Å²) in [4.78, 5) is 18.1. The summed E-state index contributed by atoms with van der Waals surface area (Å²) >= 11 is 3.37. The molecule has 0 radical (unpaired) electrons. The van der Waals surface area contributed by atoms with Crippen LogP contribution in [0.3, 0.4) is 0 Å². The number of anilines is 2. The molecular formula is C23H24BrN7O. The molecule has 2 N–H and O–H groups in total. The fourth-order valence-electron chi connectivity index (χ4n) is 4.13. The molecule has 0 bridgehead atoms. The molecule has 164 valence electrons. The van der Waals surface area contributed by atoms with E-state index in [4.69, 9.17) is 9.72 Å². The van der Waals surface area contributed by atoms with Crippen LogP contribution in [-0.2, 0) is 6.54 Å². The van der Waals surface area contributed by atoms with Crippen molar-refractivity contribution in [3.05, 3.63) is 65.0 Å². The molecule has 0 spiro atoms. The van der Waals surface area contributed by atoms with Crippen LogP contribution >= 0.6 is 15.9 Å². The van der Waals surface area contributed by atoms with Gasteiger partial charge in [-0.2, -0.15) is 0 Å². The molecule has 3 aromatic heterocycles. The highest BCUT2D eigenvalue weighted by Gasteiger charge is 2.26. The Bertz CT molecular complexity index is 1190. The molecule has 3 heterocycles. The van der Waals surface area contributed by atoms with E-state index in [1.54, 1.807) is 19.5 Å². The van der Waals surface area contributed by atoms with Gasteiger partial charge >= 0.3 is 0 Å². The second kappa shape index (κ2) is 9.12. The van der Waals surface area contributed by atoms with E-state index in [1.165, 1.54) is 0 Å². The van der Waals surface area contributed by atoms with Gasteiger partial charge in [-0.05, 0) is 65.0 Å². The minimum atomic E-state index is 0.314. The van der Waals surface area contributed by atoms with Crippen molar-refractivity contribution in [2.24, 2.45) is 0 Å². The topological polar surface area (TPSA) is 89.8 Å². The average molecular weight is 494 g/mol. The van der Waals surface area contributed by atoms with Crippen LogP contribution in [0.5, 0.6) is 5.75 Å². The van der Waals surface area contributed by atoms with Gasteiger partial charge in [-0.25, -0.2) is 19.9 Å². The summed E-state index contributed by atoms with van der Waals surface area (Å²) in [5.74, 6) is 2.36. The van der Waals surface area contributed by atoms with Crippen LogP contribution in [0.2, 0.25) is 0 Å². The lowest BCUT2D eigenvalue weighted by molar-refractivity contribution is 0.414. The van der Waals surface area contributed by atoms with Crippen molar-refractivity contribution >= 4 is 39.0 Å². The van der Waals surface area contributed by atoms with Crippen molar-refractivity contribution in [3.8, 4) is 5.75 Å². The normalized spacial score (nSPS) is 18.1. The third kappa shape index (κ3) is 4.52. The third-order valence-electron chi connectivity index (χ3n) is 5.72. The van der Waals surface area contributed by atoms with E-state index in [2.05, 4.69) is 58.2 Å². The second-order valence-corrected chi connectivity index (χ2v) is 8.85. The van der Waals surface area contributed by atoms with Gasteiger partial charge in [-0.15, -0.1) is 0 Å². The number of rotatable bonds is 7. The van der Waals surface area contributed by atoms with Gasteiger partial charge in [0.2, 0.25) is 11.9 Å². The molecule has 5 rings (SSSR count). The molecular weight excluding hydrogens is 470 g/mol. The standard InChI is InChI=1S/C23H24BrN7O/c1-32-19-8-4-15(5-9-19)14-31-21-20(3-2-10-25-21)30-23(31)29-18-7-6-17(11-18)28-22-26-12-16(24)13-27-22/h2-5,8-10,12-13,17-18H,6-7,11,14H2,1H3,(H,29,30)(H,26,27,28). The Morgan fingerprint density at radius 2 is 1.78 bits per heavy atom. The van der Waals surface area contributed by atoms with Gasteiger partial charge in [0.25, 0.3) is 0 Å². The van der Waals surface area contributed by atoms with Crippen molar-refractivity contribution in [3.63, 3.8) is 0 Å². The zero-order valence-corrected chi connectivity index (χ0v) is 19.3. The number of nitrogens with zero attached hydrogens (tertiary/aromatic N) is 5. The maximum absolute atomic E-state index is 5.28. The molecule has 4 aromatic rings. The zero-order chi connectivity index (χ0) is 21.9. The van der Waals surface area contributed by atoms with Crippen molar-refractivity contribution in [1.82, 2.24) is 24.5 Å². The smallest absolute Gasteiger partial charge is 0.222 e. The lowest BCUT2D eigenvalue weighted by atomic mass is 10.2. The summed E-state index contributed by atoms with van der Waals surface area (Å²) in [5.41, 5.74) is 2.93. The van der Waals surface area contributed by atoms with Crippen molar-refractivity contribution < 1.29 is 4.74 Å². The van der Waals surface area contributed by atoms with Crippen LogP contribution < -0.4 is 15.4 Å². The minimum absolute atomic E-state index is 0.314. The van der Waals surface area contributed by atoms with Crippen LogP contribution in [0.4, 0.5) is 11.9 Å². The summed E-state index contributed by atoms with van der Waals surface area (Å²) < 4.78 is 8.31. The first kappa shape index (κ1) is 20.7. The molecule has 0 aliphatic heterocycles. The van der Waals surface area contributed by atoms with E-state index < -0.39 is 0 Å². The highest BCUT2D eigenvalue weighted by Crippen LogP contribution is 2.27. The number of aromatic nitrogens is 5. The Morgan fingerprint density at radius 1 is 1.03 bits per heavy atom. The van der Waals surface area contributed by atoms with E-state index in [1.807, 2.05) is 30.5 Å². The number of pyridine rings is 1. The maximum Gasteiger partial charge on any atom is 0.222 e. The summed E-state index contributed by atoms with van der Waals surface area (Å²) in [7, 11) is 1.68. The average Bonchev–Trinajstić information content (AvgIpc) is 3.40. The van der Waals surface area contributed by atoms with E-state index in [9.17, 15) is 0 Å². The third-order valence-corrected chi connectivity index (χ3v) is 6.13. The molecule has 32 heavy (non-hydrogen) atoms. The monoisotopic (exact) mass is 493 g/mol. The van der Waals surface area contributed by atoms with Crippen molar-refractivity contribution in [2.75, 3.05) is 17.7 Å². The van der Waals surface area contributed by atoms with Crippen molar-refractivity contribution in [2.45, 2.75) is 37.9 Å². The number of fused-ring (bicyclic) bond motifs is 1. The predicted molar refractivity (Wildman–Crippen MR) is 128 cm³/mol. The van der Waals surface area contributed by atoms with Gasteiger partial charge < -0.3 is 15.4 Å². The first-order chi connectivity index (χ1) is 15.7. The number of ether oxygens (including phenoxy) is 1. The number of hydrogen-bond donors (Lipinski definition) is 2. The van der Waals surface area contributed by atoms with Crippen LogP contribution in [0.15, 0.2) is 59.5 Å².